The SMILES string of the molecule is CC(=O)[C]12[CH]3[CH]4[CH]5[CH]1[Fe]45321678[CH]2[CH]1[CH]6[C]7(C(=O)CC1=CCCCC1)[CH]28. The zero-order valence-electron chi connectivity index (χ0n) is 13.4. The molecule has 10 fully saturated rings. The van der Waals surface area contributed by atoms with Gasteiger partial charge in [0.25, 0.3) is 0 Å². The Morgan fingerprint density at radius 3 is 2.09 bits per heavy atom. The van der Waals surface area contributed by atoms with Gasteiger partial charge in [-0.1, -0.05) is 0 Å². The molecule has 3 heteroatoms. The van der Waals surface area contributed by atoms with E-state index < -0.39 is 6.51 Å². The van der Waals surface area contributed by atoms with Crippen molar-refractivity contribution in [2.24, 2.45) is 0 Å². The van der Waals surface area contributed by atoms with Gasteiger partial charge in [-0.25, -0.2) is 0 Å². The van der Waals surface area contributed by atoms with E-state index in [0.717, 1.165) is 45.0 Å². The Hall–Kier alpha value is -0.401. The van der Waals surface area contributed by atoms with Gasteiger partial charge in [-0.15, -0.1) is 0 Å². The predicted molar refractivity (Wildman–Crippen MR) is 82.2 cm³/mol. The molecule has 0 amide bonds. The maximum atomic E-state index is 13.7. The topological polar surface area (TPSA) is 34.1 Å². The molecule has 10 heterocycles. The second-order valence-electron chi connectivity index (χ2n) is 13.0. The van der Waals surface area contributed by atoms with Gasteiger partial charge in [0.05, 0.1) is 0 Å². The molecule has 1 aliphatic carbocycles. The molecule has 0 bridgehead atoms. The van der Waals surface area contributed by atoms with Crippen LogP contribution in [0.5, 0.6) is 0 Å². The summed E-state index contributed by atoms with van der Waals surface area (Å²) in [4.78, 5) is 34.4. The fourth-order valence-corrected chi connectivity index (χ4v) is 96.1. The van der Waals surface area contributed by atoms with E-state index in [4.69, 9.17) is 0 Å². The Balaban J connectivity index is 1.25. The molecular formula is C20H22FeO2. The fourth-order valence-electron chi connectivity index (χ4n) is 19.7. The van der Waals surface area contributed by atoms with E-state index in [2.05, 4.69) is 6.08 Å². The number of carbonyl (C=O) groups excluding carboxylic acids is 2. The van der Waals surface area contributed by atoms with E-state index in [1.807, 2.05) is 6.92 Å². The number of carbonyl (C=O) groups is 2. The van der Waals surface area contributed by atoms with Crippen molar-refractivity contribution in [1.82, 2.24) is 0 Å². The average molecular weight is 350 g/mol. The molecule has 122 valence electrons. The van der Waals surface area contributed by atoms with Gasteiger partial charge < -0.3 is 0 Å². The zero-order chi connectivity index (χ0) is 14.9. The van der Waals surface area contributed by atoms with E-state index in [-0.39, 0.29) is 8.63 Å². The van der Waals surface area contributed by atoms with Crippen LogP contribution in [0.2, 0.25) is 47.2 Å². The third-order valence-corrected chi connectivity index (χ3v) is 60.4. The van der Waals surface area contributed by atoms with Gasteiger partial charge in [0.1, 0.15) is 0 Å². The van der Waals surface area contributed by atoms with Crippen LogP contribution in [0.4, 0.5) is 0 Å². The first kappa shape index (κ1) is 9.92. The number of allylic oxidation sites excluding steroid dienone is 2. The maximum absolute atomic E-state index is 13.7. The first-order valence-electron chi connectivity index (χ1n) is 9.81. The first-order chi connectivity index (χ1) is 10.9. The molecular weight excluding hydrogens is 328 g/mol. The fraction of sp³-hybridized carbons (Fsp3) is 0.800. The Labute approximate surface area is 125 Å². The third kappa shape index (κ3) is 0.133. The summed E-state index contributed by atoms with van der Waals surface area (Å²) in [5, 5.41) is 0. The van der Waals surface area contributed by atoms with Crippen molar-refractivity contribution < 1.29 is 16.1 Å². The van der Waals surface area contributed by atoms with Crippen molar-refractivity contribution in [3.8, 4) is 0 Å². The third-order valence-electron chi connectivity index (χ3n) is 17.5. The predicted octanol–water partition coefficient (Wildman–Crippen LogP) is 5.16. The Morgan fingerprint density at radius 2 is 1.65 bits per heavy atom. The Kier molecular flexibility index (Phi) is 0.433. The van der Waals surface area contributed by atoms with E-state index in [1.54, 1.807) is 0 Å². The van der Waals surface area contributed by atoms with Crippen LogP contribution in [-0.2, 0) is 16.1 Å². The average Bonchev–Trinajstić information content (AvgIpc) is 3.48. The van der Waals surface area contributed by atoms with E-state index in [9.17, 15) is 9.59 Å². The van der Waals surface area contributed by atoms with Gasteiger partial charge in [-0.3, -0.25) is 0 Å². The van der Waals surface area contributed by atoms with Crippen LogP contribution < -0.4 is 0 Å². The molecule has 2 nitrogen and oxygen atoms in total. The molecule has 8 atom stereocenters. The van der Waals surface area contributed by atoms with Crippen molar-refractivity contribution >= 4 is 11.6 Å². The monoisotopic (exact) mass is 350 g/mol. The number of hydrogen-bond donors (Lipinski definition) is 0. The Morgan fingerprint density at radius 1 is 1.04 bits per heavy atom. The number of rotatable bonds is 4. The zero-order valence-corrected chi connectivity index (χ0v) is 14.5. The van der Waals surface area contributed by atoms with Crippen LogP contribution in [-0.4, -0.2) is 11.6 Å². The van der Waals surface area contributed by atoms with Gasteiger partial charge in [0.15, 0.2) is 0 Å². The van der Waals surface area contributed by atoms with E-state index in [0.29, 0.717) is 11.6 Å². The van der Waals surface area contributed by atoms with Gasteiger partial charge in [-0.05, 0) is 0 Å². The summed E-state index contributed by atoms with van der Waals surface area (Å²) in [6.45, 7) is -1.83. The minimum atomic E-state index is -3.77. The van der Waals surface area contributed by atoms with Crippen molar-refractivity contribution in [2.45, 2.75) is 86.2 Å². The Bertz CT molecular complexity index is 1300. The van der Waals surface area contributed by atoms with Crippen molar-refractivity contribution in [2.75, 3.05) is 0 Å². The van der Waals surface area contributed by atoms with Crippen molar-refractivity contribution in [3.05, 3.63) is 11.6 Å². The summed E-state index contributed by atoms with van der Waals surface area (Å²) < 4.78 is 0.503. The number of ketones is 2. The van der Waals surface area contributed by atoms with E-state index >= 15 is 0 Å². The number of hydrogen-bond acceptors (Lipinski definition) is 2. The van der Waals surface area contributed by atoms with Gasteiger partial charge in [0, 0.05) is 0 Å². The number of Topliss-reactive ketones (excluding diaryl/α,β-unsaturated/α-hetero) is 2. The molecule has 8 unspecified atom stereocenters. The molecule has 0 saturated carbocycles. The summed E-state index contributed by atoms with van der Waals surface area (Å²) in [5.41, 5.74) is 1.47. The quantitative estimate of drug-likeness (QED) is 0.518. The molecule has 1 spiro atoms. The minimum absolute atomic E-state index is 0.248. The van der Waals surface area contributed by atoms with Gasteiger partial charge in [0.2, 0.25) is 0 Å². The second kappa shape index (κ2) is 1.00. The normalized spacial score (nSPS) is 97.9. The van der Waals surface area contributed by atoms with Crippen LogP contribution in [0.1, 0.15) is 39.0 Å². The van der Waals surface area contributed by atoms with Gasteiger partial charge in [-0.2, -0.15) is 0 Å². The number of fused-ring (bicyclic) bond motifs is 10. The molecule has 0 aromatic rings. The molecule has 10 aliphatic heterocycles. The molecule has 0 aromatic carbocycles. The van der Waals surface area contributed by atoms with Crippen LogP contribution >= 0.6 is 0 Å². The standard InChI is InChI=1S/C13H15O.C7H7O.Fe/c14-13(12-8-4-5-9-12)10-11-6-2-1-3-7-11;1-6(8)7-4-2-3-5-7;/h4-6,8-9H,1-3,7,10H2;2-5H,1H3;. The summed E-state index contributed by atoms with van der Waals surface area (Å²) in [7, 11) is 0. The van der Waals surface area contributed by atoms with Gasteiger partial charge >= 0.3 is 125 Å². The van der Waals surface area contributed by atoms with Crippen molar-refractivity contribution in [1.29, 1.82) is 0 Å². The van der Waals surface area contributed by atoms with E-state index in [1.165, 1.54) is 31.3 Å². The molecule has 0 radical (unpaired) electrons. The van der Waals surface area contributed by atoms with Crippen LogP contribution in [0, 0.1) is 0 Å². The molecule has 23 heavy (non-hydrogen) atoms. The molecule has 10 saturated heterocycles. The van der Waals surface area contributed by atoms with Crippen LogP contribution in [0.25, 0.3) is 0 Å². The van der Waals surface area contributed by atoms with Crippen molar-refractivity contribution in [3.63, 3.8) is 0 Å². The summed E-state index contributed by atoms with van der Waals surface area (Å²) in [6.07, 6.45) is 8.14. The molecule has 11 rings (SSSR count). The molecule has 0 N–H and O–H groups in total. The second-order valence-corrected chi connectivity index (χ2v) is 36.2. The summed E-state index contributed by atoms with van der Waals surface area (Å²) >= 11 is 0. The summed E-state index contributed by atoms with van der Waals surface area (Å²) in [5.74, 6) is 1.30. The first-order valence-corrected chi connectivity index (χ1v) is 16.0. The van der Waals surface area contributed by atoms with Crippen LogP contribution in [0.15, 0.2) is 11.6 Å². The molecule has 0 aromatic heterocycles. The summed E-state index contributed by atoms with van der Waals surface area (Å²) in [6, 6.07) is 0. The van der Waals surface area contributed by atoms with Crippen LogP contribution in [0.3, 0.4) is 0 Å². The molecule has 11 aliphatic rings.